The van der Waals surface area contributed by atoms with Crippen LogP contribution in [0.2, 0.25) is 0 Å². The van der Waals surface area contributed by atoms with Gasteiger partial charge in [-0.15, -0.1) is 0 Å². The smallest absolute Gasteiger partial charge is 0.274 e. The predicted octanol–water partition coefficient (Wildman–Crippen LogP) is 0.686. The fourth-order valence-electron chi connectivity index (χ4n) is 1.60. The van der Waals surface area contributed by atoms with Crippen LogP contribution in [0.3, 0.4) is 0 Å². The molecule has 6 nitrogen and oxygen atoms in total. The van der Waals surface area contributed by atoms with E-state index in [1.807, 2.05) is 22.9 Å². The average Bonchev–Trinajstić information content (AvgIpc) is 2.95. The summed E-state index contributed by atoms with van der Waals surface area (Å²) >= 11 is 0. The minimum atomic E-state index is 0.523. The molecule has 2 aromatic rings. The first kappa shape index (κ1) is 11.8. The highest BCUT2D eigenvalue weighted by Crippen LogP contribution is 2.17. The van der Waals surface area contributed by atoms with Crippen molar-refractivity contribution in [1.82, 2.24) is 14.7 Å². The van der Waals surface area contributed by atoms with E-state index < -0.39 is 0 Å². The van der Waals surface area contributed by atoms with E-state index in [0.29, 0.717) is 31.3 Å². The number of methoxy groups -OCH3 is 1. The van der Waals surface area contributed by atoms with Gasteiger partial charge in [0.25, 0.3) is 5.89 Å². The standard InChI is InChI=1S/C11H16N4O2/c1-16-8-4-10-13-11(17-14-10)9-3-2-6-15(9)7-5-12/h2-3,6H,4-5,7-8,12H2,1H3. The number of aromatic nitrogens is 3. The summed E-state index contributed by atoms with van der Waals surface area (Å²) in [7, 11) is 1.65. The molecule has 0 fully saturated rings. The lowest BCUT2D eigenvalue weighted by molar-refractivity contribution is 0.199. The summed E-state index contributed by atoms with van der Waals surface area (Å²) < 4.78 is 12.2. The summed E-state index contributed by atoms with van der Waals surface area (Å²) in [6.07, 6.45) is 2.60. The molecule has 2 N–H and O–H groups in total. The maximum Gasteiger partial charge on any atom is 0.274 e. The van der Waals surface area contributed by atoms with Gasteiger partial charge >= 0.3 is 0 Å². The van der Waals surface area contributed by atoms with Gasteiger partial charge < -0.3 is 19.6 Å². The second-order valence-electron chi connectivity index (χ2n) is 3.63. The molecular formula is C11H16N4O2. The lowest BCUT2D eigenvalue weighted by atomic mass is 10.4. The number of hydrogen-bond acceptors (Lipinski definition) is 5. The maximum atomic E-state index is 5.53. The van der Waals surface area contributed by atoms with Crippen LogP contribution in [0.25, 0.3) is 11.6 Å². The fraction of sp³-hybridized carbons (Fsp3) is 0.455. The minimum Gasteiger partial charge on any atom is -0.384 e. The largest absolute Gasteiger partial charge is 0.384 e. The first-order valence-electron chi connectivity index (χ1n) is 5.52. The zero-order chi connectivity index (χ0) is 12.1. The number of nitrogens with zero attached hydrogens (tertiary/aromatic N) is 3. The Kier molecular flexibility index (Phi) is 3.89. The van der Waals surface area contributed by atoms with Gasteiger partial charge in [0, 0.05) is 32.8 Å². The van der Waals surface area contributed by atoms with Crippen molar-refractivity contribution < 1.29 is 9.26 Å². The summed E-state index contributed by atoms with van der Waals surface area (Å²) in [5.74, 6) is 1.18. The third-order valence-corrected chi connectivity index (χ3v) is 2.42. The molecule has 2 rings (SSSR count). The molecule has 0 amide bonds. The number of rotatable bonds is 6. The van der Waals surface area contributed by atoms with E-state index in [1.54, 1.807) is 7.11 Å². The Morgan fingerprint density at radius 3 is 3.18 bits per heavy atom. The predicted molar refractivity (Wildman–Crippen MR) is 62.4 cm³/mol. The van der Waals surface area contributed by atoms with Gasteiger partial charge in [0.15, 0.2) is 5.82 Å². The average molecular weight is 236 g/mol. The molecule has 0 radical (unpaired) electrons. The van der Waals surface area contributed by atoms with Gasteiger partial charge in [-0.3, -0.25) is 0 Å². The van der Waals surface area contributed by atoms with E-state index in [0.717, 1.165) is 12.2 Å². The molecule has 0 atom stereocenters. The van der Waals surface area contributed by atoms with Gasteiger partial charge in [-0.25, -0.2) is 0 Å². The Hall–Kier alpha value is -1.66. The molecule has 2 heterocycles. The van der Waals surface area contributed by atoms with Crippen LogP contribution in [0.1, 0.15) is 5.82 Å². The topological polar surface area (TPSA) is 79.1 Å². The Morgan fingerprint density at radius 2 is 2.41 bits per heavy atom. The van der Waals surface area contributed by atoms with Gasteiger partial charge in [-0.05, 0) is 12.1 Å². The van der Waals surface area contributed by atoms with E-state index in [2.05, 4.69) is 10.1 Å². The van der Waals surface area contributed by atoms with Crippen molar-refractivity contribution in [3.8, 4) is 11.6 Å². The molecule has 0 aromatic carbocycles. The summed E-state index contributed by atoms with van der Waals surface area (Å²) in [6.45, 7) is 1.90. The Morgan fingerprint density at radius 1 is 1.53 bits per heavy atom. The van der Waals surface area contributed by atoms with Crippen molar-refractivity contribution in [1.29, 1.82) is 0 Å². The highest BCUT2D eigenvalue weighted by Gasteiger charge is 2.11. The SMILES string of the molecule is COCCc1noc(-c2cccn2CCN)n1. The molecule has 0 aliphatic carbocycles. The first-order valence-corrected chi connectivity index (χ1v) is 5.52. The fourth-order valence-corrected chi connectivity index (χ4v) is 1.60. The van der Waals surface area contributed by atoms with Crippen LogP contribution in [0.4, 0.5) is 0 Å². The lowest BCUT2D eigenvalue weighted by Gasteiger charge is -2.02. The molecule has 0 unspecified atom stereocenters. The second-order valence-corrected chi connectivity index (χ2v) is 3.63. The Labute approximate surface area is 99.4 Å². The van der Waals surface area contributed by atoms with Gasteiger partial charge in [-0.1, -0.05) is 5.16 Å². The number of ether oxygens (including phenoxy) is 1. The van der Waals surface area contributed by atoms with Crippen LogP contribution in [-0.4, -0.2) is 35.0 Å². The molecular weight excluding hydrogens is 220 g/mol. The van der Waals surface area contributed by atoms with Crippen LogP contribution in [0.15, 0.2) is 22.9 Å². The van der Waals surface area contributed by atoms with Crippen molar-refractivity contribution in [3.63, 3.8) is 0 Å². The van der Waals surface area contributed by atoms with Crippen molar-refractivity contribution in [3.05, 3.63) is 24.2 Å². The van der Waals surface area contributed by atoms with Crippen LogP contribution < -0.4 is 5.73 Å². The van der Waals surface area contributed by atoms with Crippen LogP contribution >= 0.6 is 0 Å². The molecule has 92 valence electrons. The van der Waals surface area contributed by atoms with Gasteiger partial charge in [0.1, 0.15) is 5.69 Å². The zero-order valence-electron chi connectivity index (χ0n) is 9.80. The van der Waals surface area contributed by atoms with Crippen LogP contribution in [0, 0.1) is 0 Å². The van der Waals surface area contributed by atoms with Crippen molar-refractivity contribution >= 4 is 0 Å². The number of hydrogen-bond donors (Lipinski definition) is 1. The summed E-state index contributed by atoms with van der Waals surface area (Å²) in [6, 6.07) is 3.87. The lowest BCUT2D eigenvalue weighted by Crippen LogP contribution is -2.09. The molecule has 0 saturated carbocycles. The molecule has 2 aromatic heterocycles. The van der Waals surface area contributed by atoms with E-state index in [1.165, 1.54) is 0 Å². The van der Waals surface area contributed by atoms with Gasteiger partial charge in [0.2, 0.25) is 0 Å². The van der Waals surface area contributed by atoms with E-state index in [9.17, 15) is 0 Å². The number of nitrogens with two attached hydrogens (primary N) is 1. The molecule has 0 aliphatic heterocycles. The maximum absolute atomic E-state index is 5.53. The summed E-state index contributed by atoms with van der Waals surface area (Å²) in [4.78, 5) is 4.31. The molecule has 0 aliphatic rings. The second kappa shape index (κ2) is 5.60. The quantitative estimate of drug-likeness (QED) is 0.798. The minimum absolute atomic E-state index is 0.523. The highest BCUT2D eigenvalue weighted by molar-refractivity contribution is 5.47. The molecule has 0 bridgehead atoms. The van der Waals surface area contributed by atoms with E-state index in [4.69, 9.17) is 15.0 Å². The first-order chi connectivity index (χ1) is 8.35. The van der Waals surface area contributed by atoms with E-state index >= 15 is 0 Å². The monoisotopic (exact) mass is 236 g/mol. The summed E-state index contributed by atoms with van der Waals surface area (Å²) in [5, 5.41) is 3.90. The van der Waals surface area contributed by atoms with Crippen LogP contribution in [0.5, 0.6) is 0 Å². The summed E-state index contributed by atoms with van der Waals surface area (Å²) in [5.41, 5.74) is 6.43. The van der Waals surface area contributed by atoms with Crippen molar-refractivity contribution in [2.24, 2.45) is 5.73 Å². The molecule has 17 heavy (non-hydrogen) atoms. The molecule has 6 heteroatoms. The highest BCUT2D eigenvalue weighted by atomic mass is 16.5. The van der Waals surface area contributed by atoms with Crippen molar-refractivity contribution in [2.45, 2.75) is 13.0 Å². The third-order valence-electron chi connectivity index (χ3n) is 2.42. The normalized spacial score (nSPS) is 10.9. The molecule has 0 spiro atoms. The van der Waals surface area contributed by atoms with E-state index in [-0.39, 0.29) is 0 Å². The van der Waals surface area contributed by atoms with Crippen molar-refractivity contribution in [2.75, 3.05) is 20.3 Å². The third kappa shape index (κ3) is 2.72. The van der Waals surface area contributed by atoms with Crippen LogP contribution in [-0.2, 0) is 17.7 Å². The van der Waals surface area contributed by atoms with Gasteiger partial charge in [0.05, 0.1) is 6.61 Å². The van der Waals surface area contributed by atoms with Gasteiger partial charge in [-0.2, -0.15) is 4.98 Å². The zero-order valence-corrected chi connectivity index (χ0v) is 9.80. The Balaban J connectivity index is 2.15. The Bertz CT molecular complexity index is 463. The molecule has 0 saturated heterocycles.